The number of pyridine rings is 1. The summed E-state index contributed by atoms with van der Waals surface area (Å²) in [6.45, 7) is 3.57. The predicted octanol–water partition coefficient (Wildman–Crippen LogP) is 3.03. The Morgan fingerprint density at radius 1 is 1.33 bits per heavy atom. The number of aliphatic hydroxyl groups is 1. The van der Waals surface area contributed by atoms with E-state index in [2.05, 4.69) is 11.6 Å². The van der Waals surface area contributed by atoms with Gasteiger partial charge in [0.05, 0.1) is 0 Å². The topological polar surface area (TPSA) is 33.1 Å². The van der Waals surface area contributed by atoms with Gasteiger partial charge in [0, 0.05) is 17.3 Å². The van der Waals surface area contributed by atoms with Crippen LogP contribution in [0.2, 0.25) is 0 Å². The van der Waals surface area contributed by atoms with Crippen molar-refractivity contribution in [3.63, 3.8) is 0 Å². The third kappa shape index (κ3) is 2.14. The fraction of sp³-hybridized carbons (Fsp3) is 0.0833. The van der Waals surface area contributed by atoms with E-state index in [1.165, 1.54) is 17.4 Å². The highest BCUT2D eigenvalue weighted by Crippen LogP contribution is 2.29. The molecule has 0 spiro atoms. The van der Waals surface area contributed by atoms with Gasteiger partial charge in [-0.2, -0.15) is 0 Å². The smallest absolute Gasteiger partial charge is 0.106 e. The third-order valence-corrected chi connectivity index (χ3v) is 3.15. The molecule has 2 aromatic rings. The quantitative estimate of drug-likeness (QED) is 0.802. The summed E-state index contributed by atoms with van der Waals surface area (Å²) in [6.07, 6.45) is 4.49. The van der Waals surface area contributed by atoms with Gasteiger partial charge in [0.2, 0.25) is 0 Å². The summed E-state index contributed by atoms with van der Waals surface area (Å²) in [7, 11) is 0. The summed E-state index contributed by atoms with van der Waals surface area (Å²) >= 11 is 1.54. The van der Waals surface area contributed by atoms with E-state index in [-0.39, 0.29) is 0 Å². The van der Waals surface area contributed by atoms with Crippen molar-refractivity contribution in [1.29, 1.82) is 0 Å². The third-order valence-electron chi connectivity index (χ3n) is 2.15. The van der Waals surface area contributed by atoms with Crippen LogP contribution in [0.15, 0.2) is 48.6 Å². The Labute approximate surface area is 92.5 Å². The second-order valence-corrected chi connectivity index (χ2v) is 4.10. The number of thiophene rings is 1. The summed E-state index contributed by atoms with van der Waals surface area (Å²) in [6, 6.07) is 5.88. The minimum Gasteiger partial charge on any atom is -0.383 e. The largest absolute Gasteiger partial charge is 0.383 e. The maximum Gasteiger partial charge on any atom is 0.106 e. The van der Waals surface area contributed by atoms with Crippen LogP contribution in [0.25, 0.3) is 11.1 Å². The Balaban J connectivity index is 2.32. The SMILES string of the molecule is C=CC(O)c1cc(-c2ccncc2)cs1. The summed E-state index contributed by atoms with van der Waals surface area (Å²) in [5, 5.41) is 11.6. The maximum atomic E-state index is 9.57. The van der Waals surface area contributed by atoms with E-state index in [4.69, 9.17) is 0 Å². The zero-order valence-corrected chi connectivity index (χ0v) is 8.95. The van der Waals surface area contributed by atoms with Crippen LogP contribution >= 0.6 is 11.3 Å². The van der Waals surface area contributed by atoms with Gasteiger partial charge in [0.1, 0.15) is 6.10 Å². The van der Waals surface area contributed by atoms with Crippen LogP contribution < -0.4 is 0 Å². The van der Waals surface area contributed by atoms with Crippen LogP contribution in [-0.4, -0.2) is 10.1 Å². The molecule has 0 aliphatic rings. The van der Waals surface area contributed by atoms with Crippen molar-refractivity contribution < 1.29 is 5.11 Å². The molecule has 0 saturated heterocycles. The van der Waals surface area contributed by atoms with Gasteiger partial charge < -0.3 is 5.11 Å². The highest BCUT2D eigenvalue weighted by molar-refractivity contribution is 7.10. The first-order chi connectivity index (χ1) is 7.31. The highest BCUT2D eigenvalue weighted by atomic mass is 32.1. The van der Waals surface area contributed by atoms with E-state index >= 15 is 0 Å². The molecule has 0 bridgehead atoms. The Bertz CT molecular complexity index is 450. The minimum atomic E-state index is -0.564. The number of aliphatic hydroxyl groups excluding tert-OH is 1. The van der Waals surface area contributed by atoms with E-state index in [1.54, 1.807) is 12.4 Å². The molecule has 0 aromatic carbocycles. The van der Waals surface area contributed by atoms with Crippen molar-refractivity contribution in [3.05, 3.63) is 53.5 Å². The zero-order valence-electron chi connectivity index (χ0n) is 8.13. The lowest BCUT2D eigenvalue weighted by Gasteiger charge is -1.99. The van der Waals surface area contributed by atoms with Crippen LogP contribution in [0.5, 0.6) is 0 Å². The van der Waals surface area contributed by atoms with Gasteiger partial charge in [0.25, 0.3) is 0 Å². The maximum absolute atomic E-state index is 9.57. The average Bonchev–Trinajstić information content (AvgIpc) is 2.78. The standard InChI is InChI=1S/C12H11NOS/c1-2-11(14)12-7-10(8-15-12)9-3-5-13-6-4-9/h2-8,11,14H,1H2. The van der Waals surface area contributed by atoms with E-state index < -0.39 is 6.10 Å². The van der Waals surface area contributed by atoms with Crippen molar-refractivity contribution in [2.75, 3.05) is 0 Å². The molecular weight excluding hydrogens is 206 g/mol. The number of rotatable bonds is 3. The molecule has 0 saturated carbocycles. The van der Waals surface area contributed by atoms with E-state index in [0.717, 1.165) is 16.0 Å². The highest BCUT2D eigenvalue weighted by Gasteiger charge is 2.07. The molecule has 2 heterocycles. The molecule has 76 valence electrons. The van der Waals surface area contributed by atoms with Gasteiger partial charge >= 0.3 is 0 Å². The van der Waals surface area contributed by atoms with Crippen molar-refractivity contribution >= 4 is 11.3 Å². The first-order valence-electron chi connectivity index (χ1n) is 4.60. The van der Waals surface area contributed by atoms with Crippen molar-refractivity contribution in [2.45, 2.75) is 6.10 Å². The molecule has 0 aliphatic heterocycles. The second kappa shape index (κ2) is 4.38. The fourth-order valence-corrected chi connectivity index (χ4v) is 2.22. The molecule has 3 heteroatoms. The van der Waals surface area contributed by atoms with Gasteiger partial charge in [-0.3, -0.25) is 4.98 Å². The van der Waals surface area contributed by atoms with Crippen molar-refractivity contribution in [2.24, 2.45) is 0 Å². The van der Waals surface area contributed by atoms with Gasteiger partial charge in [0.15, 0.2) is 0 Å². The van der Waals surface area contributed by atoms with E-state index in [1.807, 2.05) is 23.6 Å². The molecule has 0 radical (unpaired) electrons. The molecule has 0 fully saturated rings. The van der Waals surface area contributed by atoms with Gasteiger partial charge in [-0.1, -0.05) is 6.08 Å². The number of hydrogen-bond acceptors (Lipinski definition) is 3. The van der Waals surface area contributed by atoms with Crippen LogP contribution in [0, 0.1) is 0 Å². The predicted molar refractivity (Wildman–Crippen MR) is 62.7 cm³/mol. The van der Waals surface area contributed by atoms with E-state index in [0.29, 0.717) is 0 Å². The number of aromatic nitrogens is 1. The lowest BCUT2D eigenvalue weighted by molar-refractivity contribution is 0.233. The van der Waals surface area contributed by atoms with Crippen LogP contribution in [0.4, 0.5) is 0 Å². The average molecular weight is 217 g/mol. The van der Waals surface area contributed by atoms with Crippen molar-refractivity contribution in [1.82, 2.24) is 4.98 Å². The van der Waals surface area contributed by atoms with Gasteiger partial charge in [-0.15, -0.1) is 17.9 Å². The van der Waals surface area contributed by atoms with Gasteiger partial charge in [-0.25, -0.2) is 0 Å². The first-order valence-corrected chi connectivity index (χ1v) is 5.48. The lowest BCUT2D eigenvalue weighted by Crippen LogP contribution is -1.86. The minimum absolute atomic E-state index is 0.564. The Morgan fingerprint density at radius 3 is 2.73 bits per heavy atom. The molecule has 2 nitrogen and oxygen atoms in total. The number of hydrogen-bond donors (Lipinski definition) is 1. The Hall–Kier alpha value is -1.45. The monoisotopic (exact) mass is 217 g/mol. The summed E-state index contributed by atoms with van der Waals surface area (Å²) in [5.41, 5.74) is 2.22. The normalized spacial score (nSPS) is 12.3. The second-order valence-electron chi connectivity index (χ2n) is 3.15. The summed E-state index contributed by atoms with van der Waals surface area (Å²) in [4.78, 5) is 4.88. The molecule has 2 rings (SSSR count). The van der Waals surface area contributed by atoms with Crippen LogP contribution in [0.1, 0.15) is 11.0 Å². The first kappa shape index (κ1) is 10.1. The fourth-order valence-electron chi connectivity index (χ4n) is 1.32. The Morgan fingerprint density at radius 2 is 2.07 bits per heavy atom. The van der Waals surface area contributed by atoms with Crippen LogP contribution in [-0.2, 0) is 0 Å². The van der Waals surface area contributed by atoms with Gasteiger partial charge in [-0.05, 0) is 34.7 Å². The Kier molecular flexibility index (Phi) is 2.94. The number of nitrogens with zero attached hydrogens (tertiary/aromatic N) is 1. The molecule has 1 N–H and O–H groups in total. The molecule has 1 unspecified atom stereocenters. The molecule has 0 aliphatic carbocycles. The molecule has 1 atom stereocenters. The molecule has 15 heavy (non-hydrogen) atoms. The molecular formula is C12H11NOS. The van der Waals surface area contributed by atoms with E-state index in [9.17, 15) is 5.11 Å². The summed E-state index contributed by atoms with van der Waals surface area (Å²) in [5.74, 6) is 0. The summed E-state index contributed by atoms with van der Waals surface area (Å²) < 4.78 is 0. The molecule has 2 aromatic heterocycles. The van der Waals surface area contributed by atoms with Crippen molar-refractivity contribution in [3.8, 4) is 11.1 Å². The zero-order chi connectivity index (χ0) is 10.7. The van der Waals surface area contributed by atoms with Crippen LogP contribution in [0.3, 0.4) is 0 Å². The molecule has 0 amide bonds. The lowest BCUT2D eigenvalue weighted by atomic mass is 10.1.